The molecule has 0 N–H and O–H groups in total. The first-order chi connectivity index (χ1) is 11.3. The number of anilines is 1. The summed E-state index contributed by atoms with van der Waals surface area (Å²) in [5, 5.41) is 8.34. The molecule has 0 saturated heterocycles. The van der Waals surface area contributed by atoms with E-state index in [9.17, 15) is 13.2 Å². The lowest BCUT2D eigenvalue weighted by molar-refractivity contribution is -0.137. The van der Waals surface area contributed by atoms with Crippen molar-refractivity contribution in [2.45, 2.75) is 12.6 Å². The molecular formula is C18H16F3N3. The highest BCUT2D eigenvalue weighted by atomic mass is 19.4. The van der Waals surface area contributed by atoms with Crippen LogP contribution in [0, 0.1) is 0 Å². The fourth-order valence-corrected chi connectivity index (χ4v) is 2.48. The highest BCUT2D eigenvalue weighted by molar-refractivity contribution is 6.20. The van der Waals surface area contributed by atoms with E-state index in [-0.39, 0.29) is 0 Å². The van der Waals surface area contributed by atoms with E-state index in [1.807, 2.05) is 43.3 Å². The molecule has 2 aromatic rings. The third-order valence-corrected chi connectivity index (χ3v) is 3.87. The summed E-state index contributed by atoms with van der Waals surface area (Å²) in [5.41, 5.74) is 3.50. The van der Waals surface area contributed by atoms with Crippen molar-refractivity contribution >= 4 is 17.1 Å². The standard InChI is InChI=1S/C18H16F3N3/c1-24(2)15-5-3-4-13(10-15)17-11-16(22-23-17)12-6-8-14(9-7-12)18(19,20)21/h3-10H,11H2,1-2H3. The van der Waals surface area contributed by atoms with Crippen LogP contribution in [0.25, 0.3) is 0 Å². The number of hydrogen-bond acceptors (Lipinski definition) is 3. The Morgan fingerprint density at radius 3 is 2.08 bits per heavy atom. The van der Waals surface area contributed by atoms with Gasteiger partial charge in [0.25, 0.3) is 0 Å². The van der Waals surface area contributed by atoms with Crippen LogP contribution in [0.3, 0.4) is 0 Å². The van der Waals surface area contributed by atoms with Crippen molar-refractivity contribution in [1.29, 1.82) is 0 Å². The fraction of sp³-hybridized carbons (Fsp3) is 0.222. The monoisotopic (exact) mass is 331 g/mol. The Kier molecular flexibility index (Phi) is 4.13. The van der Waals surface area contributed by atoms with E-state index < -0.39 is 11.7 Å². The molecule has 2 aromatic carbocycles. The molecule has 0 fully saturated rings. The van der Waals surface area contributed by atoms with Gasteiger partial charge in [0.05, 0.1) is 17.0 Å². The van der Waals surface area contributed by atoms with E-state index in [4.69, 9.17) is 0 Å². The summed E-state index contributed by atoms with van der Waals surface area (Å²) in [6.45, 7) is 0. The van der Waals surface area contributed by atoms with Gasteiger partial charge in [0.1, 0.15) is 0 Å². The Labute approximate surface area is 138 Å². The van der Waals surface area contributed by atoms with Crippen LogP contribution < -0.4 is 4.90 Å². The summed E-state index contributed by atoms with van der Waals surface area (Å²) in [5.74, 6) is 0. The number of rotatable bonds is 3. The van der Waals surface area contributed by atoms with Crippen LogP contribution in [0.4, 0.5) is 18.9 Å². The van der Waals surface area contributed by atoms with E-state index in [0.717, 1.165) is 29.1 Å². The van der Waals surface area contributed by atoms with Crippen LogP contribution in [0.5, 0.6) is 0 Å². The van der Waals surface area contributed by atoms with Gasteiger partial charge >= 0.3 is 6.18 Å². The molecule has 0 saturated carbocycles. The van der Waals surface area contributed by atoms with Gasteiger partial charge in [-0.15, -0.1) is 0 Å². The molecule has 1 heterocycles. The Hall–Kier alpha value is -2.63. The topological polar surface area (TPSA) is 28.0 Å². The van der Waals surface area contributed by atoms with Gasteiger partial charge < -0.3 is 4.90 Å². The predicted molar refractivity (Wildman–Crippen MR) is 89.9 cm³/mol. The Morgan fingerprint density at radius 2 is 1.50 bits per heavy atom. The molecule has 0 radical (unpaired) electrons. The van der Waals surface area contributed by atoms with Crippen molar-refractivity contribution in [2.24, 2.45) is 10.2 Å². The van der Waals surface area contributed by atoms with Gasteiger partial charge in [-0.25, -0.2) is 0 Å². The molecule has 0 spiro atoms. The summed E-state index contributed by atoms with van der Waals surface area (Å²) in [4.78, 5) is 2.00. The average Bonchev–Trinajstić information content (AvgIpc) is 3.04. The lowest BCUT2D eigenvalue weighted by Gasteiger charge is -2.13. The van der Waals surface area contributed by atoms with Crippen LogP contribution in [-0.4, -0.2) is 25.5 Å². The summed E-state index contributed by atoms with van der Waals surface area (Å²) in [6.07, 6.45) is -3.83. The molecule has 1 aliphatic heterocycles. The average molecular weight is 331 g/mol. The fourth-order valence-electron chi connectivity index (χ4n) is 2.48. The molecule has 3 rings (SSSR count). The quantitative estimate of drug-likeness (QED) is 0.821. The minimum atomic E-state index is -4.33. The van der Waals surface area contributed by atoms with Crippen molar-refractivity contribution in [3.05, 3.63) is 65.2 Å². The zero-order chi connectivity index (χ0) is 17.3. The van der Waals surface area contributed by atoms with Crippen LogP contribution >= 0.6 is 0 Å². The largest absolute Gasteiger partial charge is 0.416 e. The first-order valence-corrected chi connectivity index (χ1v) is 7.43. The molecule has 0 amide bonds. The highest BCUT2D eigenvalue weighted by Crippen LogP contribution is 2.29. The summed E-state index contributed by atoms with van der Waals surface area (Å²) < 4.78 is 37.9. The van der Waals surface area contributed by atoms with Gasteiger partial charge in [-0.3, -0.25) is 0 Å². The smallest absolute Gasteiger partial charge is 0.378 e. The van der Waals surface area contributed by atoms with Crippen LogP contribution in [-0.2, 0) is 6.18 Å². The normalized spacial score (nSPS) is 14.4. The van der Waals surface area contributed by atoms with Gasteiger partial charge in [-0.1, -0.05) is 24.3 Å². The van der Waals surface area contributed by atoms with Crippen molar-refractivity contribution in [1.82, 2.24) is 0 Å². The van der Waals surface area contributed by atoms with Crippen molar-refractivity contribution in [2.75, 3.05) is 19.0 Å². The molecule has 3 nitrogen and oxygen atoms in total. The van der Waals surface area contributed by atoms with Gasteiger partial charge in [0.15, 0.2) is 0 Å². The zero-order valence-electron chi connectivity index (χ0n) is 13.3. The van der Waals surface area contributed by atoms with Gasteiger partial charge in [0.2, 0.25) is 0 Å². The maximum atomic E-state index is 12.6. The third-order valence-electron chi connectivity index (χ3n) is 3.87. The number of halogens is 3. The van der Waals surface area contributed by atoms with Gasteiger partial charge in [0, 0.05) is 31.8 Å². The SMILES string of the molecule is CN(C)c1cccc(C2=NN=C(c3ccc(C(F)(F)F)cc3)C2)c1. The Morgan fingerprint density at radius 1 is 0.875 bits per heavy atom. The van der Waals surface area contributed by atoms with E-state index in [2.05, 4.69) is 10.2 Å². The summed E-state index contributed by atoms with van der Waals surface area (Å²) in [7, 11) is 3.92. The maximum Gasteiger partial charge on any atom is 0.416 e. The van der Waals surface area contributed by atoms with Gasteiger partial charge in [-0.2, -0.15) is 23.4 Å². The number of alkyl halides is 3. The summed E-state index contributed by atoms with van der Waals surface area (Å²) >= 11 is 0. The van der Waals surface area contributed by atoms with Crippen molar-refractivity contribution in [3.63, 3.8) is 0 Å². The highest BCUT2D eigenvalue weighted by Gasteiger charge is 2.30. The van der Waals surface area contributed by atoms with Crippen LogP contribution in [0.2, 0.25) is 0 Å². The van der Waals surface area contributed by atoms with E-state index >= 15 is 0 Å². The summed E-state index contributed by atoms with van der Waals surface area (Å²) in [6, 6.07) is 12.9. The molecule has 0 atom stereocenters. The molecule has 24 heavy (non-hydrogen) atoms. The van der Waals surface area contributed by atoms with Gasteiger partial charge in [-0.05, 0) is 29.8 Å². The number of hydrogen-bond donors (Lipinski definition) is 0. The molecule has 1 aliphatic rings. The van der Waals surface area contributed by atoms with Crippen molar-refractivity contribution in [3.8, 4) is 0 Å². The first kappa shape index (κ1) is 16.2. The van der Waals surface area contributed by atoms with E-state index in [0.29, 0.717) is 17.7 Å². The molecule has 0 aliphatic carbocycles. The molecule has 124 valence electrons. The minimum Gasteiger partial charge on any atom is -0.378 e. The van der Waals surface area contributed by atoms with Crippen LogP contribution in [0.1, 0.15) is 23.1 Å². The van der Waals surface area contributed by atoms with E-state index in [1.165, 1.54) is 12.1 Å². The molecule has 6 heteroatoms. The lowest BCUT2D eigenvalue weighted by Crippen LogP contribution is -2.11. The van der Waals surface area contributed by atoms with E-state index in [1.54, 1.807) is 0 Å². The molecule has 0 bridgehead atoms. The second kappa shape index (κ2) is 6.11. The lowest BCUT2D eigenvalue weighted by atomic mass is 10.00. The predicted octanol–water partition coefficient (Wildman–Crippen LogP) is 4.37. The molecule has 0 aromatic heterocycles. The Bertz CT molecular complexity index is 803. The molecule has 0 unspecified atom stereocenters. The zero-order valence-corrected chi connectivity index (χ0v) is 13.3. The third kappa shape index (κ3) is 3.32. The first-order valence-electron chi connectivity index (χ1n) is 7.43. The van der Waals surface area contributed by atoms with Crippen LogP contribution in [0.15, 0.2) is 58.7 Å². The Balaban J connectivity index is 1.76. The van der Waals surface area contributed by atoms with Crippen molar-refractivity contribution < 1.29 is 13.2 Å². The second-order valence-corrected chi connectivity index (χ2v) is 5.79. The number of nitrogens with zero attached hydrogens (tertiary/aromatic N) is 3. The molecular weight excluding hydrogens is 315 g/mol. The second-order valence-electron chi connectivity index (χ2n) is 5.79. The maximum absolute atomic E-state index is 12.6. The minimum absolute atomic E-state index is 0.502. The number of benzene rings is 2.